The van der Waals surface area contributed by atoms with E-state index in [1.165, 1.54) is 11.1 Å². The summed E-state index contributed by atoms with van der Waals surface area (Å²) >= 11 is 0. The molecule has 1 saturated heterocycles. The first-order chi connectivity index (χ1) is 13.1. The van der Waals surface area contributed by atoms with Gasteiger partial charge in [-0.3, -0.25) is 9.59 Å². The van der Waals surface area contributed by atoms with E-state index in [0.29, 0.717) is 25.4 Å². The Labute approximate surface area is 159 Å². The summed E-state index contributed by atoms with van der Waals surface area (Å²) in [5.41, 5.74) is 4.33. The molecule has 0 bridgehead atoms. The minimum atomic E-state index is -0.298. The average Bonchev–Trinajstić information content (AvgIpc) is 3.08. The first-order valence-electron chi connectivity index (χ1n) is 9.37. The molecule has 0 spiro atoms. The van der Waals surface area contributed by atoms with Gasteiger partial charge in [0, 0.05) is 26.1 Å². The topological polar surface area (TPSA) is 49.9 Å². The van der Waals surface area contributed by atoms with Crippen LogP contribution < -0.4 is 9.64 Å². The molecule has 0 N–H and O–H groups in total. The highest BCUT2D eigenvalue weighted by molar-refractivity contribution is 6.01. The van der Waals surface area contributed by atoms with Crippen LogP contribution >= 0.6 is 0 Å². The lowest BCUT2D eigenvalue weighted by Crippen LogP contribution is -2.40. The Kier molecular flexibility index (Phi) is 4.60. The van der Waals surface area contributed by atoms with Gasteiger partial charge < -0.3 is 14.5 Å². The highest BCUT2D eigenvalue weighted by Crippen LogP contribution is 2.34. The monoisotopic (exact) mass is 364 g/mol. The van der Waals surface area contributed by atoms with Gasteiger partial charge in [0.05, 0.1) is 18.7 Å². The van der Waals surface area contributed by atoms with E-state index in [9.17, 15) is 9.59 Å². The van der Waals surface area contributed by atoms with Crippen molar-refractivity contribution in [3.63, 3.8) is 0 Å². The van der Waals surface area contributed by atoms with Crippen LogP contribution in [0.2, 0.25) is 0 Å². The third-order valence-electron chi connectivity index (χ3n) is 5.54. The van der Waals surface area contributed by atoms with Crippen LogP contribution in [0.25, 0.3) is 0 Å². The molecule has 1 atom stereocenters. The second-order valence-corrected chi connectivity index (χ2v) is 7.36. The highest BCUT2D eigenvalue weighted by atomic mass is 16.5. The fourth-order valence-electron chi connectivity index (χ4n) is 4.06. The lowest BCUT2D eigenvalue weighted by Gasteiger charge is -2.30. The van der Waals surface area contributed by atoms with Crippen molar-refractivity contribution < 1.29 is 14.3 Å². The van der Waals surface area contributed by atoms with E-state index in [2.05, 4.69) is 12.1 Å². The third-order valence-corrected chi connectivity index (χ3v) is 5.54. The number of carbonyl (C=O) groups is 2. The molecular weight excluding hydrogens is 340 g/mol. The van der Waals surface area contributed by atoms with E-state index in [1.807, 2.05) is 42.2 Å². The predicted octanol–water partition coefficient (Wildman–Crippen LogP) is 2.94. The first kappa shape index (κ1) is 17.6. The molecule has 5 heteroatoms. The van der Waals surface area contributed by atoms with Crippen LogP contribution in [-0.4, -0.2) is 36.9 Å². The molecule has 0 aliphatic carbocycles. The van der Waals surface area contributed by atoms with Crippen molar-refractivity contribution in [3.05, 3.63) is 59.2 Å². The maximum atomic E-state index is 13.1. The van der Waals surface area contributed by atoms with Crippen molar-refractivity contribution in [2.45, 2.75) is 26.3 Å². The zero-order valence-corrected chi connectivity index (χ0v) is 15.8. The van der Waals surface area contributed by atoms with Crippen LogP contribution in [0, 0.1) is 12.8 Å². The van der Waals surface area contributed by atoms with Crippen molar-refractivity contribution in [3.8, 4) is 5.75 Å². The molecule has 2 amide bonds. The van der Waals surface area contributed by atoms with Crippen molar-refractivity contribution in [1.29, 1.82) is 0 Å². The van der Waals surface area contributed by atoms with E-state index < -0.39 is 0 Å². The average molecular weight is 364 g/mol. The molecule has 2 heterocycles. The number of ether oxygens (including phenoxy) is 1. The molecule has 4 rings (SSSR count). The number of amides is 2. The van der Waals surface area contributed by atoms with Crippen LogP contribution in [0.5, 0.6) is 5.75 Å². The number of hydrogen-bond donors (Lipinski definition) is 0. The SMILES string of the molecule is COc1ccc(C)cc1N1CC(C(=O)N2CCc3ccccc3C2)CC1=O. The Bertz CT molecular complexity index is 893. The van der Waals surface area contributed by atoms with Gasteiger partial charge in [0.2, 0.25) is 11.8 Å². The lowest BCUT2D eigenvalue weighted by molar-refractivity contribution is -0.136. The van der Waals surface area contributed by atoms with Gasteiger partial charge in [-0.1, -0.05) is 30.3 Å². The van der Waals surface area contributed by atoms with Gasteiger partial charge in [0.1, 0.15) is 5.75 Å². The summed E-state index contributed by atoms with van der Waals surface area (Å²) in [7, 11) is 1.60. The molecule has 2 aromatic carbocycles. The molecule has 0 saturated carbocycles. The van der Waals surface area contributed by atoms with Gasteiger partial charge in [-0.25, -0.2) is 0 Å². The van der Waals surface area contributed by atoms with Crippen molar-refractivity contribution in [2.75, 3.05) is 25.1 Å². The standard InChI is InChI=1S/C22H24N2O3/c1-15-7-8-20(27-2)19(11-15)24-14-18(12-21(24)25)22(26)23-10-9-16-5-3-4-6-17(16)13-23/h3-8,11,18H,9-10,12-14H2,1-2H3. The van der Waals surface area contributed by atoms with Gasteiger partial charge in [-0.15, -0.1) is 0 Å². The molecule has 0 aromatic heterocycles. The van der Waals surface area contributed by atoms with E-state index >= 15 is 0 Å². The summed E-state index contributed by atoms with van der Waals surface area (Å²) in [4.78, 5) is 29.3. The number of methoxy groups -OCH3 is 1. The molecule has 140 valence electrons. The van der Waals surface area contributed by atoms with Gasteiger partial charge >= 0.3 is 0 Å². The Morgan fingerprint density at radius 2 is 1.93 bits per heavy atom. The van der Waals surface area contributed by atoms with Crippen LogP contribution in [0.15, 0.2) is 42.5 Å². The summed E-state index contributed by atoms with van der Waals surface area (Å²) in [5.74, 6) is 0.420. The molecule has 0 radical (unpaired) electrons. The molecule has 5 nitrogen and oxygen atoms in total. The predicted molar refractivity (Wildman–Crippen MR) is 104 cm³/mol. The number of anilines is 1. The first-order valence-corrected chi connectivity index (χ1v) is 9.37. The van der Waals surface area contributed by atoms with Crippen LogP contribution in [0.4, 0.5) is 5.69 Å². The molecule has 27 heavy (non-hydrogen) atoms. The summed E-state index contributed by atoms with van der Waals surface area (Å²) in [6.45, 7) is 3.74. The Morgan fingerprint density at radius 1 is 1.15 bits per heavy atom. The third kappa shape index (κ3) is 3.29. The summed E-state index contributed by atoms with van der Waals surface area (Å²) < 4.78 is 5.42. The van der Waals surface area contributed by atoms with E-state index in [4.69, 9.17) is 4.74 Å². The van der Waals surface area contributed by atoms with Gasteiger partial charge in [-0.2, -0.15) is 0 Å². The number of fused-ring (bicyclic) bond motifs is 1. The summed E-state index contributed by atoms with van der Waals surface area (Å²) in [5, 5.41) is 0. The minimum absolute atomic E-state index is 0.0188. The number of benzene rings is 2. The van der Waals surface area contributed by atoms with Crippen LogP contribution in [0.1, 0.15) is 23.1 Å². The van der Waals surface area contributed by atoms with Crippen LogP contribution in [-0.2, 0) is 22.6 Å². The Hall–Kier alpha value is -2.82. The molecule has 2 aromatic rings. The van der Waals surface area contributed by atoms with E-state index in [0.717, 1.165) is 17.7 Å². The number of hydrogen-bond acceptors (Lipinski definition) is 3. The van der Waals surface area contributed by atoms with Crippen molar-refractivity contribution in [1.82, 2.24) is 4.90 Å². The number of aryl methyl sites for hydroxylation is 1. The normalized spacial score (nSPS) is 19.2. The minimum Gasteiger partial charge on any atom is -0.495 e. The van der Waals surface area contributed by atoms with Gasteiger partial charge in [0.15, 0.2) is 0 Å². The fourth-order valence-corrected chi connectivity index (χ4v) is 4.06. The highest BCUT2D eigenvalue weighted by Gasteiger charge is 2.38. The maximum absolute atomic E-state index is 13.1. The van der Waals surface area contributed by atoms with Crippen LogP contribution in [0.3, 0.4) is 0 Å². The van der Waals surface area contributed by atoms with Gasteiger partial charge in [0.25, 0.3) is 0 Å². The number of rotatable bonds is 3. The quantitative estimate of drug-likeness (QED) is 0.841. The zero-order valence-electron chi connectivity index (χ0n) is 15.8. The van der Waals surface area contributed by atoms with E-state index in [1.54, 1.807) is 12.0 Å². The summed E-state index contributed by atoms with van der Waals surface area (Å²) in [6.07, 6.45) is 1.13. The van der Waals surface area contributed by atoms with Crippen molar-refractivity contribution in [2.24, 2.45) is 5.92 Å². The van der Waals surface area contributed by atoms with Gasteiger partial charge in [-0.05, 0) is 42.2 Å². The smallest absolute Gasteiger partial charge is 0.228 e. The Morgan fingerprint density at radius 3 is 2.70 bits per heavy atom. The van der Waals surface area contributed by atoms with Crippen molar-refractivity contribution >= 4 is 17.5 Å². The summed E-state index contributed by atoms with van der Waals surface area (Å²) in [6, 6.07) is 14.0. The second kappa shape index (κ2) is 7.06. The second-order valence-electron chi connectivity index (χ2n) is 7.36. The molecule has 2 aliphatic heterocycles. The Balaban J connectivity index is 1.51. The fraction of sp³-hybridized carbons (Fsp3) is 0.364. The molecule has 2 aliphatic rings. The largest absolute Gasteiger partial charge is 0.495 e. The maximum Gasteiger partial charge on any atom is 0.228 e. The lowest BCUT2D eigenvalue weighted by atomic mass is 9.98. The number of carbonyl (C=O) groups excluding carboxylic acids is 2. The molecule has 1 unspecified atom stereocenters. The molecule has 1 fully saturated rings. The number of nitrogens with zero attached hydrogens (tertiary/aromatic N) is 2. The zero-order chi connectivity index (χ0) is 19.0. The molecular formula is C22H24N2O3. The van der Waals surface area contributed by atoms with E-state index in [-0.39, 0.29) is 24.2 Å².